The van der Waals surface area contributed by atoms with Crippen LogP contribution < -0.4 is 20.1 Å². The summed E-state index contributed by atoms with van der Waals surface area (Å²) >= 11 is 5.96. The van der Waals surface area contributed by atoms with Crippen LogP contribution >= 0.6 is 11.6 Å². The minimum atomic E-state index is -0.549. The Labute approximate surface area is 157 Å². The fourth-order valence-electron chi connectivity index (χ4n) is 2.16. The average molecular weight is 372 g/mol. The van der Waals surface area contributed by atoms with Gasteiger partial charge in [0.25, 0.3) is 5.91 Å². The van der Waals surface area contributed by atoms with Gasteiger partial charge in [0.1, 0.15) is 11.6 Å². The van der Waals surface area contributed by atoms with Crippen LogP contribution in [0.3, 0.4) is 0 Å². The Morgan fingerprint density at radius 2 is 1.88 bits per heavy atom. The van der Waals surface area contributed by atoms with Crippen molar-refractivity contribution in [2.45, 2.75) is 6.92 Å². The van der Waals surface area contributed by atoms with E-state index >= 15 is 0 Å². The zero-order chi connectivity index (χ0) is 19.1. The highest BCUT2D eigenvalue weighted by molar-refractivity contribution is 6.30. The van der Waals surface area contributed by atoms with Crippen LogP contribution in [0, 0.1) is 18.3 Å². The number of rotatable bonds is 6. The number of carbonyl (C=O) groups is 1. The molecule has 0 fully saturated rings. The summed E-state index contributed by atoms with van der Waals surface area (Å²) < 4.78 is 10.3. The monoisotopic (exact) mass is 371 g/mol. The first-order valence-corrected chi connectivity index (χ1v) is 8.02. The minimum Gasteiger partial charge on any atom is -0.493 e. The maximum atomic E-state index is 12.3. The van der Waals surface area contributed by atoms with E-state index in [-0.39, 0.29) is 5.57 Å². The topological polar surface area (TPSA) is 83.4 Å². The van der Waals surface area contributed by atoms with E-state index in [4.69, 9.17) is 21.1 Å². The number of methoxy groups -OCH3 is 2. The summed E-state index contributed by atoms with van der Waals surface area (Å²) in [5, 5.41) is 15.4. The number of hydrogen-bond donors (Lipinski definition) is 2. The summed E-state index contributed by atoms with van der Waals surface area (Å²) in [7, 11) is 3.03. The Morgan fingerprint density at radius 1 is 1.15 bits per heavy atom. The second kappa shape index (κ2) is 8.79. The summed E-state index contributed by atoms with van der Waals surface area (Å²) in [6.07, 6.45) is 1.34. The summed E-state index contributed by atoms with van der Waals surface area (Å²) in [6, 6.07) is 12.1. The predicted octanol–water partition coefficient (Wildman–Crippen LogP) is 4.12. The summed E-state index contributed by atoms with van der Waals surface area (Å²) in [5.74, 6) is 0.465. The molecule has 134 valence electrons. The predicted molar refractivity (Wildman–Crippen MR) is 102 cm³/mol. The van der Waals surface area contributed by atoms with Gasteiger partial charge in [-0.2, -0.15) is 5.26 Å². The van der Waals surface area contributed by atoms with Gasteiger partial charge in [0, 0.05) is 28.7 Å². The molecule has 1 amide bonds. The van der Waals surface area contributed by atoms with Crippen LogP contribution in [0.15, 0.2) is 48.2 Å². The molecule has 0 aromatic heterocycles. The van der Waals surface area contributed by atoms with Crippen molar-refractivity contribution in [2.75, 3.05) is 24.9 Å². The number of hydrogen-bond acceptors (Lipinski definition) is 5. The standard InChI is InChI=1S/C19H18ClN3O3/c1-12-4-5-14(20)8-16(12)22-11-13(10-21)19(24)23-15-6-7-17(25-2)18(9-15)26-3/h4-9,11,22H,1-3H3,(H,23,24)/b13-11-. The molecule has 7 heteroatoms. The fourth-order valence-corrected chi connectivity index (χ4v) is 2.33. The first-order valence-electron chi connectivity index (χ1n) is 7.64. The van der Waals surface area contributed by atoms with Crippen LogP contribution in [0.1, 0.15) is 5.56 Å². The fraction of sp³-hybridized carbons (Fsp3) is 0.158. The van der Waals surface area contributed by atoms with Crippen molar-refractivity contribution in [3.05, 3.63) is 58.8 Å². The maximum Gasteiger partial charge on any atom is 0.267 e. The second-order valence-electron chi connectivity index (χ2n) is 5.30. The van der Waals surface area contributed by atoms with Crippen molar-refractivity contribution in [2.24, 2.45) is 0 Å². The van der Waals surface area contributed by atoms with Gasteiger partial charge in [0.2, 0.25) is 0 Å². The first-order chi connectivity index (χ1) is 12.5. The molecule has 0 unspecified atom stereocenters. The van der Waals surface area contributed by atoms with E-state index in [1.165, 1.54) is 20.4 Å². The number of amides is 1. The van der Waals surface area contributed by atoms with Gasteiger partial charge in [0.05, 0.1) is 14.2 Å². The van der Waals surface area contributed by atoms with E-state index in [2.05, 4.69) is 10.6 Å². The van der Waals surface area contributed by atoms with Gasteiger partial charge in [-0.05, 0) is 36.8 Å². The third kappa shape index (κ3) is 4.68. The quantitative estimate of drug-likeness (QED) is 0.589. The Balaban J connectivity index is 2.16. The molecule has 0 aliphatic carbocycles. The molecule has 0 saturated heterocycles. The number of carbonyl (C=O) groups excluding carboxylic acids is 1. The molecule has 2 aromatic carbocycles. The molecule has 0 aliphatic heterocycles. The van der Waals surface area contributed by atoms with E-state index in [1.54, 1.807) is 30.3 Å². The number of nitrogens with one attached hydrogen (secondary N) is 2. The molecule has 2 N–H and O–H groups in total. The molecule has 0 aliphatic rings. The Hall–Kier alpha value is -3.17. The second-order valence-corrected chi connectivity index (χ2v) is 5.73. The van der Waals surface area contributed by atoms with Crippen molar-refractivity contribution in [1.29, 1.82) is 5.26 Å². The molecule has 0 atom stereocenters. The zero-order valence-electron chi connectivity index (χ0n) is 14.6. The Morgan fingerprint density at radius 3 is 2.54 bits per heavy atom. The van der Waals surface area contributed by atoms with Gasteiger partial charge in [-0.3, -0.25) is 4.79 Å². The Kier molecular flexibility index (Phi) is 6.48. The third-order valence-electron chi connectivity index (χ3n) is 3.58. The van der Waals surface area contributed by atoms with Crippen LogP contribution in [0.2, 0.25) is 5.02 Å². The number of nitriles is 1. The lowest BCUT2D eigenvalue weighted by Gasteiger charge is -2.10. The molecular formula is C19H18ClN3O3. The molecule has 2 aromatic rings. The number of anilines is 2. The molecule has 0 heterocycles. The van der Waals surface area contributed by atoms with Crippen LogP contribution in [-0.2, 0) is 4.79 Å². The molecule has 6 nitrogen and oxygen atoms in total. The highest BCUT2D eigenvalue weighted by Gasteiger charge is 2.12. The molecule has 0 bridgehead atoms. The van der Waals surface area contributed by atoms with Crippen LogP contribution in [0.4, 0.5) is 11.4 Å². The maximum absolute atomic E-state index is 12.3. The number of halogens is 1. The molecule has 2 rings (SSSR count). The smallest absolute Gasteiger partial charge is 0.267 e. The van der Waals surface area contributed by atoms with Gasteiger partial charge in [-0.15, -0.1) is 0 Å². The minimum absolute atomic E-state index is 0.0841. The van der Waals surface area contributed by atoms with Crippen LogP contribution in [0.25, 0.3) is 0 Å². The van der Waals surface area contributed by atoms with Crippen LogP contribution in [0.5, 0.6) is 11.5 Å². The molecule has 26 heavy (non-hydrogen) atoms. The van der Waals surface area contributed by atoms with Gasteiger partial charge in [0.15, 0.2) is 11.5 Å². The van der Waals surface area contributed by atoms with E-state index in [0.29, 0.717) is 27.9 Å². The van der Waals surface area contributed by atoms with E-state index in [1.807, 2.05) is 19.1 Å². The third-order valence-corrected chi connectivity index (χ3v) is 3.81. The molecular weight excluding hydrogens is 354 g/mol. The van der Waals surface area contributed by atoms with Crippen molar-refractivity contribution in [3.8, 4) is 17.6 Å². The average Bonchev–Trinajstić information content (AvgIpc) is 2.64. The van der Waals surface area contributed by atoms with Crippen molar-refractivity contribution >= 4 is 28.9 Å². The largest absolute Gasteiger partial charge is 0.493 e. The molecule has 0 radical (unpaired) electrons. The van der Waals surface area contributed by atoms with Gasteiger partial charge < -0.3 is 20.1 Å². The number of nitrogens with zero attached hydrogens (tertiary/aromatic N) is 1. The number of aryl methyl sites for hydroxylation is 1. The Bertz CT molecular complexity index is 888. The highest BCUT2D eigenvalue weighted by Crippen LogP contribution is 2.29. The first kappa shape index (κ1) is 19.2. The van der Waals surface area contributed by atoms with E-state index in [9.17, 15) is 10.1 Å². The SMILES string of the molecule is COc1ccc(NC(=O)/C(C#N)=C\Nc2cc(Cl)ccc2C)cc1OC. The molecule has 0 saturated carbocycles. The number of ether oxygens (including phenoxy) is 2. The summed E-state index contributed by atoms with van der Waals surface area (Å²) in [6.45, 7) is 1.89. The highest BCUT2D eigenvalue weighted by atomic mass is 35.5. The summed E-state index contributed by atoms with van der Waals surface area (Å²) in [5.41, 5.74) is 2.04. The van der Waals surface area contributed by atoms with Crippen LogP contribution in [-0.4, -0.2) is 20.1 Å². The van der Waals surface area contributed by atoms with Gasteiger partial charge >= 0.3 is 0 Å². The zero-order valence-corrected chi connectivity index (χ0v) is 15.3. The van der Waals surface area contributed by atoms with Gasteiger partial charge in [-0.25, -0.2) is 0 Å². The van der Waals surface area contributed by atoms with Crippen molar-refractivity contribution in [3.63, 3.8) is 0 Å². The number of benzene rings is 2. The lowest BCUT2D eigenvalue weighted by atomic mass is 10.2. The van der Waals surface area contributed by atoms with E-state index < -0.39 is 5.91 Å². The molecule has 0 spiro atoms. The van der Waals surface area contributed by atoms with Crippen molar-refractivity contribution < 1.29 is 14.3 Å². The normalized spacial score (nSPS) is 10.7. The van der Waals surface area contributed by atoms with E-state index in [0.717, 1.165) is 5.56 Å². The van der Waals surface area contributed by atoms with Crippen molar-refractivity contribution in [1.82, 2.24) is 0 Å². The lowest BCUT2D eigenvalue weighted by molar-refractivity contribution is -0.112. The summed E-state index contributed by atoms with van der Waals surface area (Å²) in [4.78, 5) is 12.3. The van der Waals surface area contributed by atoms with Gasteiger partial charge in [-0.1, -0.05) is 17.7 Å². The lowest BCUT2D eigenvalue weighted by Crippen LogP contribution is -2.14.